The monoisotopic (exact) mass is 914 g/mol. The van der Waals surface area contributed by atoms with Gasteiger partial charge in [-0.2, -0.15) is 0 Å². The van der Waals surface area contributed by atoms with E-state index in [4.69, 9.17) is 28.4 Å². The van der Waals surface area contributed by atoms with Crippen LogP contribution in [0, 0.1) is 31.4 Å². The number of methoxy groups -OCH3 is 2. The summed E-state index contributed by atoms with van der Waals surface area (Å²) in [6.45, 7) is 10.2. The molecule has 2 aliphatic rings. The molecule has 15 nitrogen and oxygen atoms in total. The van der Waals surface area contributed by atoms with E-state index in [1.807, 2.05) is 32.6 Å². The molecule has 3 N–H and O–H groups in total. The lowest BCUT2D eigenvalue weighted by Crippen LogP contribution is -2.41. The number of hydrogen-bond acceptors (Lipinski definition) is 12. The maximum atomic E-state index is 15.1. The molecule has 2 saturated heterocycles. The van der Waals surface area contributed by atoms with Crippen LogP contribution in [0.2, 0.25) is 0 Å². The fourth-order valence-corrected chi connectivity index (χ4v) is 8.64. The molecule has 0 aliphatic carbocycles. The maximum absolute atomic E-state index is 15.1. The van der Waals surface area contributed by atoms with Crippen LogP contribution in [0.4, 0.5) is 8.78 Å². The molecule has 4 aromatic carbocycles. The second-order valence-electron chi connectivity index (χ2n) is 17.1. The van der Waals surface area contributed by atoms with Gasteiger partial charge in [0.05, 0.1) is 42.1 Å². The predicted octanol–water partition coefficient (Wildman–Crippen LogP) is 9.88. The minimum absolute atomic E-state index is 0.0135. The van der Waals surface area contributed by atoms with Crippen molar-refractivity contribution in [1.82, 2.24) is 40.1 Å². The molecule has 8 aromatic rings. The number of nitrogens with zero attached hydrogens (tertiary/aromatic N) is 5. The highest BCUT2D eigenvalue weighted by atomic mass is 19.1. The van der Waals surface area contributed by atoms with Gasteiger partial charge in [-0.15, -0.1) is 0 Å². The third-order valence-corrected chi connectivity index (χ3v) is 12.0. The van der Waals surface area contributed by atoms with Crippen LogP contribution in [0.3, 0.4) is 0 Å². The lowest BCUT2D eigenvalue weighted by Gasteiger charge is -2.26. The Hall–Kier alpha value is -7.27. The van der Waals surface area contributed by atoms with Crippen LogP contribution in [0.25, 0.3) is 43.6 Å². The summed E-state index contributed by atoms with van der Waals surface area (Å²) in [4.78, 5) is 37.8. The van der Waals surface area contributed by atoms with Gasteiger partial charge in [-0.05, 0) is 94.6 Å². The molecule has 17 heteroatoms. The first-order valence-electron chi connectivity index (χ1n) is 22.3. The summed E-state index contributed by atoms with van der Waals surface area (Å²) in [5.74, 6) is 1.92. The van der Waals surface area contributed by atoms with Crippen LogP contribution in [0.15, 0.2) is 73.3 Å². The van der Waals surface area contributed by atoms with Crippen molar-refractivity contribution in [2.75, 3.05) is 40.5 Å². The van der Waals surface area contributed by atoms with Crippen molar-refractivity contribution >= 4 is 49.5 Å². The zero-order valence-corrected chi connectivity index (χ0v) is 38.2. The van der Waals surface area contributed by atoms with Crippen LogP contribution in [-0.2, 0) is 4.79 Å². The number of aryl methyl sites for hydroxylation is 2. The van der Waals surface area contributed by atoms with Gasteiger partial charge in [0, 0.05) is 63.8 Å². The normalized spacial score (nSPS) is 15.9. The number of nitrogens with one attached hydrogen (secondary N) is 3. The highest BCUT2D eigenvalue weighted by Gasteiger charge is 2.31. The lowest BCUT2D eigenvalue weighted by molar-refractivity contribution is -0.135. The first-order chi connectivity index (χ1) is 32.5. The first kappa shape index (κ1) is 44.9. The Labute approximate surface area is 385 Å². The van der Waals surface area contributed by atoms with Crippen LogP contribution in [-0.4, -0.2) is 93.3 Å². The van der Waals surface area contributed by atoms with Gasteiger partial charge in [-0.1, -0.05) is 13.8 Å². The second kappa shape index (κ2) is 19.3. The Balaban J connectivity index is 0.000000170. The predicted molar refractivity (Wildman–Crippen MR) is 250 cm³/mol. The third-order valence-electron chi connectivity index (χ3n) is 12.0. The summed E-state index contributed by atoms with van der Waals surface area (Å²) in [5.41, 5.74) is 4.35. The summed E-state index contributed by atoms with van der Waals surface area (Å²) in [5, 5.41) is 5.50. The largest absolute Gasteiger partial charge is 0.493 e. The van der Waals surface area contributed by atoms with Gasteiger partial charge in [0.2, 0.25) is 17.7 Å². The number of likely N-dealkylation sites (tertiary alicyclic amines) is 1. The van der Waals surface area contributed by atoms with Crippen molar-refractivity contribution < 1.29 is 42.0 Å². The van der Waals surface area contributed by atoms with Gasteiger partial charge >= 0.3 is 0 Å². The van der Waals surface area contributed by atoms with Gasteiger partial charge in [-0.3, -0.25) is 4.79 Å². The van der Waals surface area contributed by atoms with E-state index in [9.17, 15) is 9.18 Å². The molecule has 2 aliphatic heterocycles. The smallest absolute Gasteiger partial charge is 0.230 e. The molecule has 4 aromatic heterocycles. The minimum atomic E-state index is -0.465. The van der Waals surface area contributed by atoms with Gasteiger partial charge in [0.25, 0.3) is 0 Å². The number of ether oxygens (including phenoxy) is 6. The van der Waals surface area contributed by atoms with Crippen molar-refractivity contribution in [2.24, 2.45) is 5.92 Å². The molecule has 0 bridgehead atoms. The van der Waals surface area contributed by atoms with E-state index >= 15 is 4.39 Å². The average Bonchev–Trinajstić information content (AvgIpc) is 4.17. The number of amides is 1. The van der Waals surface area contributed by atoms with E-state index < -0.39 is 11.6 Å². The average molecular weight is 915 g/mol. The Morgan fingerprint density at radius 3 is 1.70 bits per heavy atom. The molecule has 1 amide bonds. The number of benzene rings is 4. The molecule has 67 heavy (non-hydrogen) atoms. The number of H-pyrrole nitrogens is 2. The number of halogens is 2. The van der Waals surface area contributed by atoms with Crippen molar-refractivity contribution in [1.29, 1.82) is 0 Å². The summed E-state index contributed by atoms with van der Waals surface area (Å²) in [6, 6.07) is 17.6. The molecule has 0 unspecified atom stereocenters. The number of carbonyl (C=O) groups is 1. The molecule has 348 valence electrons. The number of carbonyl (C=O) groups excluding carboxylic acids is 1. The molecular formula is C50H52F2N8O7. The Kier molecular flexibility index (Phi) is 12.9. The van der Waals surface area contributed by atoms with E-state index in [0.717, 1.165) is 55.7 Å². The van der Waals surface area contributed by atoms with Crippen molar-refractivity contribution in [3.8, 4) is 46.3 Å². The molecule has 0 saturated carbocycles. The quantitative estimate of drug-likeness (QED) is 0.100. The molecular weight excluding hydrogens is 863 g/mol. The lowest BCUT2D eigenvalue weighted by atomic mass is 10.1. The standard InChI is InChI=1S/C27H29FN4O4.C23H23FN4O3/c1-15(2)27(33)32-9-5-6-17(32)13-35-24-12-21-19(11-23(24)34-4)26(30-14-29-21)36-22-8-7-20-18(25(22)28)10-16(3)31-20;1-13-8-15-17(28-13)5-6-19(22(15)24)31-23-16-9-20(29-2)21(10-18(16)26-12-27-23)30-11-14-4-3-7-25-14/h7-8,10-12,14-15,17,31H,5-6,9,13H2,1-4H3;5-6,8-10,12,14,25,28H,3-4,7,11H2,1-2H3/t17-;14-/m00/s1. The highest BCUT2D eigenvalue weighted by molar-refractivity contribution is 5.89. The molecule has 2 atom stereocenters. The van der Waals surface area contributed by atoms with Gasteiger partial charge in [-0.25, -0.2) is 28.7 Å². The number of rotatable bonds is 13. The zero-order chi connectivity index (χ0) is 46.8. The van der Waals surface area contributed by atoms with E-state index in [1.54, 1.807) is 74.9 Å². The first-order valence-corrected chi connectivity index (χ1v) is 22.3. The fraction of sp³-hybridized carbons (Fsp3) is 0.340. The van der Waals surface area contributed by atoms with Crippen molar-refractivity contribution in [3.05, 3.63) is 96.3 Å². The summed E-state index contributed by atoms with van der Waals surface area (Å²) < 4.78 is 65.1. The van der Waals surface area contributed by atoms with E-state index in [0.29, 0.717) is 80.3 Å². The molecule has 0 radical (unpaired) electrons. The highest BCUT2D eigenvalue weighted by Crippen LogP contribution is 2.40. The molecule has 2 fully saturated rings. The van der Waals surface area contributed by atoms with Crippen LogP contribution in [0.5, 0.6) is 46.3 Å². The number of aromatic nitrogens is 6. The second-order valence-corrected chi connectivity index (χ2v) is 17.1. The number of fused-ring (bicyclic) bond motifs is 4. The Bertz CT molecular complexity index is 3100. The SMILES string of the molecule is COc1cc2c(Oc3ccc4[nH]c(C)cc4c3F)ncnc2cc1OC[C@@H]1CCCN1.COc1cc2c(Oc3ccc4[nH]c(C)cc4c3F)ncnc2cc1OC[C@@H]1CCCN1C(=O)C(C)C. The molecule has 10 rings (SSSR count). The van der Waals surface area contributed by atoms with Gasteiger partial charge in [0.15, 0.2) is 46.1 Å². The van der Waals surface area contributed by atoms with Crippen LogP contribution >= 0.6 is 0 Å². The summed E-state index contributed by atoms with van der Waals surface area (Å²) >= 11 is 0. The maximum Gasteiger partial charge on any atom is 0.230 e. The third kappa shape index (κ3) is 9.41. The topological polar surface area (TPSA) is 171 Å². The summed E-state index contributed by atoms with van der Waals surface area (Å²) in [7, 11) is 3.12. The molecule has 0 spiro atoms. The minimum Gasteiger partial charge on any atom is -0.493 e. The fourth-order valence-electron chi connectivity index (χ4n) is 8.64. The molecule has 6 heterocycles. The van der Waals surface area contributed by atoms with E-state index in [2.05, 4.69) is 35.2 Å². The Morgan fingerprint density at radius 1 is 0.672 bits per heavy atom. The zero-order valence-electron chi connectivity index (χ0n) is 38.2. The summed E-state index contributed by atoms with van der Waals surface area (Å²) in [6.07, 6.45) is 6.85. The number of hydrogen-bond donors (Lipinski definition) is 3. The van der Waals surface area contributed by atoms with Crippen LogP contribution in [0.1, 0.15) is 50.9 Å². The van der Waals surface area contributed by atoms with Gasteiger partial charge < -0.3 is 48.6 Å². The van der Waals surface area contributed by atoms with E-state index in [1.165, 1.54) is 12.7 Å². The van der Waals surface area contributed by atoms with E-state index in [-0.39, 0.29) is 41.1 Å². The van der Waals surface area contributed by atoms with Gasteiger partial charge in [0.1, 0.15) is 25.9 Å². The Morgan fingerprint density at radius 2 is 1.21 bits per heavy atom. The van der Waals surface area contributed by atoms with Crippen LogP contribution < -0.4 is 33.7 Å². The van der Waals surface area contributed by atoms with Crippen molar-refractivity contribution in [3.63, 3.8) is 0 Å². The van der Waals surface area contributed by atoms with Crippen molar-refractivity contribution in [2.45, 2.75) is 65.5 Å². The number of aromatic amines is 2.